The van der Waals surface area contributed by atoms with Gasteiger partial charge in [0, 0.05) is 35.9 Å². The minimum absolute atomic E-state index is 0.129. The maximum Gasteiger partial charge on any atom is 0.253 e. The van der Waals surface area contributed by atoms with Crippen LogP contribution in [-0.4, -0.2) is 15.9 Å². The number of fused-ring (bicyclic) bond motifs is 1. The number of nitrogens with one attached hydrogen (secondary N) is 2. The molecule has 0 spiro atoms. The van der Waals surface area contributed by atoms with Gasteiger partial charge < -0.3 is 10.3 Å². The van der Waals surface area contributed by atoms with Crippen molar-refractivity contribution < 1.29 is 4.79 Å². The van der Waals surface area contributed by atoms with Crippen molar-refractivity contribution in [1.29, 1.82) is 0 Å². The van der Waals surface area contributed by atoms with Crippen LogP contribution in [-0.2, 0) is 17.8 Å². The van der Waals surface area contributed by atoms with E-state index in [-0.39, 0.29) is 23.9 Å². The Labute approximate surface area is 174 Å². The summed E-state index contributed by atoms with van der Waals surface area (Å²) in [4.78, 5) is 32.8. The zero-order valence-corrected chi connectivity index (χ0v) is 16.8. The van der Waals surface area contributed by atoms with E-state index >= 15 is 0 Å². The number of aromatic amines is 1. The summed E-state index contributed by atoms with van der Waals surface area (Å²) in [6.45, 7) is 2.18. The molecule has 4 aromatic rings. The number of carbonyl (C=O) groups is 1. The summed E-state index contributed by atoms with van der Waals surface area (Å²) in [5, 5.41) is 3.90. The molecule has 1 unspecified atom stereocenters. The van der Waals surface area contributed by atoms with Gasteiger partial charge in [0.15, 0.2) is 0 Å². The van der Waals surface area contributed by atoms with Crippen molar-refractivity contribution in [2.45, 2.75) is 25.8 Å². The zero-order valence-electron chi connectivity index (χ0n) is 16.8. The fourth-order valence-corrected chi connectivity index (χ4v) is 3.58. The van der Waals surface area contributed by atoms with Gasteiger partial charge in [0.2, 0.25) is 5.91 Å². The van der Waals surface area contributed by atoms with Crippen LogP contribution in [0.1, 0.15) is 28.3 Å². The van der Waals surface area contributed by atoms with Crippen molar-refractivity contribution in [3.63, 3.8) is 0 Å². The fourth-order valence-electron chi connectivity index (χ4n) is 3.58. The van der Waals surface area contributed by atoms with Crippen molar-refractivity contribution in [3.8, 4) is 0 Å². The predicted octanol–water partition coefficient (Wildman–Crippen LogP) is 3.87. The van der Waals surface area contributed by atoms with E-state index in [9.17, 15) is 9.59 Å². The van der Waals surface area contributed by atoms with Crippen molar-refractivity contribution >= 4 is 16.8 Å². The minimum Gasteiger partial charge on any atom is -0.351 e. The van der Waals surface area contributed by atoms with Crippen molar-refractivity contribution in [3.05, 3.63) is 112 Å². The number of benzene rings is 2. The third-order valence-electron chi connectivity index (χ3n) is 5.19. The molecular weight excluding hydrogens is 374 g/mol. The van der Waals surface area contributed by atoms with Crippen LogP contribution in [0.25, 0.3) is 10.9 Å². The largest absolute Gasteiger partial charge is 0.351 e. The first-order chi connectivity index (χ1) is 14.6. The van der Waals surface area contributed by atoms with Gasteiger partial charge in [0.25, 0.3) is 5.56 Å². The molecule has 0 aliphatic carbocycles. The molecular formula is C25H23N3O2. The zero-order chi connectivity index (χ0) is 20.9. The number of pyridine rings is 2. The van der Waals surface area contributed by atoms with E-state index in [1.807, 2.05) is 79.7 Å². The Kier molecular flexibility index (Phi) is 5.70. The van der Waals surface area contributed by atoms with Gasteiger partial charge in [-0.05, 0) is 48.2 Å². The van der Waals surface area contributed by atoms with E-state index in [1.54, 1.807) is 6.20 Å². The second-order valence-corrected chi connectivity index (χ2v) is 7.42. The normalized spacial score (nSPS) is 11.9. The molecule has 0 aliphatic rings. The summed E-state index contributed by atoms with van der Waals surface area (Å²) in [7, 11) is 0. The van der Waals surface area contributed by atoms with Crippen LogP contribution in [0.2, 0.25) is 0 Å². The maximum absolute atomic E-state index is 13.1. The Morgan fingerprint density at radius 2 is 1.83 bits per heavy atom. The van der Waals surface area contributed by atoms with E-state index in [0.717, 1.165) is 27.7 Å². The minimum atomic E-state index is -0.386. The number of H-pyrrole nitrogens is 1. The molecule has 5 nitrogen and oxygen atoms in total. The molecule has 30 heavy (non-hydrogen) atoms. The van der Waals surface area contributed by atoms with Gasteiger partial charge in [-0.1, -0.05) is 48.0 Å². The van der Waals surface area contributed by atoms with E-state index in [0.29, 0.717) is 12.0 Å². The van der Waals surface area contributed by atoms with Crippen LogP contribution in [0, 0.1) is 6.92 Å². The van der Waals surface area contributed by atoms with Gasteiger partial charge in [-0.15, -0.1) is 0 Å². The number of aryl methyl sites for hydroxylation is 1. The highest BCUT2D eigenvalue weighted by atomic mass is 16.2. The van der Waals surface area contributed by atoms with Gasteiger partial charge in [-0.3, -0.25) is 14.6 Å². The standard InChI is InChI=1S/C25H23N3O2/c1-17-10-11-23-19(13-17)14-20(24(29)28-23)16-27-25(30)22(18-7-3-2-4-8-18)15-21-9-5-6-12-26-21/h2-14,22H,15-16H2,1H3,(H,27,30)(H,28,29). The van der Waals surface area contributed by atoms with Gasteiger partial charge in [-0.25, -0.2) is 0 Å². The van der Waals surface area contributed by atoms with Gasteiger partial charge in [0.1, 0.15) is 0 Å². The Bertz CT molecular complexity index is 1220. The average molecular weight is 397 g/mol. The van der Waals surface area contributed by atoms with E-state index in [4.69, 9.17) is 0 Å². The molecule has 2 aromatic heterocycles. The monoisotopic (exact) mass is 397 g/mol. The van der Waals surface area contributed by atoms with Crippen LogP contribution >= 0.6 is 0 Å². The number of rotatable bonds is 6. The Hall–Kier alpha value is -3.73. The summed E-state index contributed by atoms with van der Waals surface area (Å²) >= 11 is 0. The Morgan fingerprint density at radius 1 is 1.03 bits per heavy atom. The number of amides is 1. The molecule has 0 fully saturated rings. The third kappa shape index (κ3) is 4.46. The van der Waals surface area contributed by atoms with E-state index < -0.39 is 0 Å². The number of hydrogen-bond donors (Lipinski definition) is 2. The number of aromatic nitrogens is 2. The van der Waals surface area contributed by atoms with Gasteiger partial charge in [-0.2, -0.15) is 0 Å². The van der Waals surface area contributed by atoms with Crippen molar-refractivity contribution in [2.24, 2.45) is 0 Å². The summed E-state index contributed by atoms with van der Waals surface area (Å²) in [6, 6.07) is 23.1. The lowest BCUT2D eigenvalue weighted by Gasteiger charge is -2.17. The van der Waals surface area contributed by atoms with Crippen LogP contribution in [0.15, 0.2) is 83.8 Å². The lowest BCUT2D eigenvalue weighted by Crippen LogP contribution is -2.32. The summed E-state index contributed by atoms with van der Waals surface area (Å²) < 4.78 is 0. The van der Waals surface area contributed by atoms with Gasteiger partial charge >= 0.3 is 0 Å². The van der Waals surface area contributed by atoms with Crippen LogP contribution in [0.5, 0.6) is 0 Å². The van der Waals surface area contributed by atoms with Crippen LogP contribution in [0.3, 0.4) is 0 Å². The van der Waals surface area contributed by atoms with Crippen LogP contribution in [0.4, 0.5) is 0 Å². The topological polar surface area (TPSA) is 74.8 Å². The van der Waals surface area contributed by atoms with Crippen LogP contribution < -0.4 is 10.9 Å². The molecule has 0 saturated heterocycles. The van der Waals surface area contributed by atoms with E-state index in [2.05, 4.69) is 15.3 Å². The Balaban J connectivity index is 1.56. The summed E-state index contributed by atoms with van der Waals surface area (Å²) in [5.41, 5.74) is 4.02. The lowest BCUT2D eigenvalue weighted by atomic mass is 9.93. The first kappa shape index (κ1) is 19.6. The van der Waals surface area contributed by atoms with Crippen molar-refractivity contribution in [1.82, 2.24) is 15.3 Å². The number of nitrogens with zero attached hydrogens (tertiary/aromatic N) is 1. The number of hydrogen-bond acceptors (Lipinski definition) is 3. The molecule has 0 aliphatic heterocycles. The van der Waals surface area contributed by atoms with Gasteiger partial charge in [0.05, 0.1) is 5.92 Å². The highest BCUT2D eigenvalue weighted by Gasteiger charge is 2.21. The average Bonchev–Trinajstić information content (AvgIpc) is 2.77. The quantitative estimate of drug-likeness (QED) is 0.519. The van der Waals surface area contributed by atoms with Crippen molar-refractivity contribution in [2.75, 3.05) is 0 Å². The number of carbonyl (C=O) groups excluding carboxylic acids is 1. The molecule has 4 rings (SSSR count). The maximum atomic E-state index is 13.1. The SMILES string of the molecule is Cc1ccc2[nH]c(=O)c(CNC(=O)C(Cc3ccccn3)c3ccccc3)cc2c1. The summed E-state index contributed by atoms with van der Waals surface area (Å²) in [6.07, 6.45) is 2.22. The highest BCUT2D eigenvalue weighted by molar-refractivity contribution is 5.84. The fraction of sp³-hybridized carbons (Fsp3) is 0.160. The molecule has 150 valence electrons. The molecule has 1 atom stereocenters. The lowest BCUT2D eigenvalue weighted by molar-refractivity contribution is -0.122. The molecule has 2 N–H and O–H groups in total. The molecule has 0 radical (unpaired) electrons. The second kappa shape index (κ2) is 8.74. The van der Waals surface area contributed by atoms with E-state index in [1.165, 1.54) is 0 Å². The predicted molar refractivity (Wildman–Crippen MR) is 118 cm³/mol. The smallest absolute Gasteiger partial charge is 0.253 e. The summed E-state index contributed by atoms with van der Waals surface area (Å²) in [5.74, 6) is -0.515. The molecule has 5 heteroatoms. The highest BCUT2D eigenvalue weighted by Crippen LogP contribution is 2.21. The third-order valence-corrected chi connectivity index (χ3v) is 5.19. The molecule has 2 aromatic carbocycles. The first-order valence-electron chi connectivity index (χ1n) is 9.95. The molecule has 0 bridgehead atoms. The first-order valence-corrected chi connectivity index (χ1v) is 9.95. The second-order valence-electron chi connectivity index (χ2n) is 7.42. The molecule has 1 amide bonds. The Morgan fingerprint density at radius 3 is 2.60 bits per heavy atom. The molecule has 2 heterocycles. The molecule has 0 saturated carbocycles.